The maximum absolute atomic E-state index is 10.9. The second-order valence-corrected chi connectivity index (χ2v) is 4.52. The van der Waals surface area contributed by atoms with Crippen LogP contribution >= 0.6 is 0 Å². The van der Waals surface area contributed by atoms with E-state index in [2.05, 4.69) is 5.32 Å². The molecule has 5 nitrogen and oxygen atoms in total. The Kier molecular flexibility index (Phi) is 3.55. The summed E-state index contributed by atoms with van der Waals surface area (Å²) in [5, 5.41) is 14.1. The summed E-state index contributed by atoms with van der Waals surface area (Å²) < 4.78 is 5.54. The summed E-state index contributed by atoms with van der Waals surface area (Å²) in [6, 6.07) is 8.76. The number of nitro benzene ring substituents is 1. The minimum absolute atomic E-state index is 0.0468. The van der Waals surface area contributed by atoms with Crippen LogP contribution in [-0.4, -0.2) is 4.92 Å². The van der Waals surface area contributed by atoms with E-state index >= 15 is 0 Å². The summed E-state index contributed by atoms with van der Waals surface area (Å²) in [7, 11) is 0. The Morgan fingerprint density at radius 2 is 2.00 bits per heavy atom. The van der Waals surface area contributed by atoms with Gasteiger partial charge in [0.05, 0.1) is 11.0 Å². The van der Waals surface area contributed by atoms with Crippen molar-refractivity contribution in [1.29, 1.82) is 0 Å². The standard InChI is InChI=1S/C14H16N2O3/c1-9-7-8-14(19-9)11(3)15-12-5-4-6-13(10(12)2)16(17)18/h4-8,11,15H,1-3H3. The summed E-state index contributed by atoms with van der Waals surface area (Å²) in [5.41, 5.74) is 1.49. The number of furan rings is 1. The minimum Gasteiger partial charge on any atom is -0.464 e. The van der Waals surface area contributed by atoms with Crippen molar-refractivity contribution in [2.75, 3.05) is 5.32 Å². The number of anilines is 1. The van der Waals surface area contributed by atoms with Crippen LogP contribution in [0.2, 0.25) is 0 Å². The van der Waals surface area contributed by atoms with E-state index in [0.29, 0.717) is 5.56 Å². The van der Waals surface area contributed by atoms with Gasteiger partial charge < -0.3 is 9.73 Å². The largest absolute Gasteiger partial charge is 0.464 e. The van der Waals surface area contributed by atoms with Gasteiger partial charge in [0.1, 0.15) is 11.5 Å². The molecule has 1 aromatic carbocycles. The number of nitrogens with one attached hydrogen (secondary N) is 1. The molecule has 2 rings (SSSR count). The van der Waals surface area contributed by atoms with Crippen molar-refractivity contribution >= 4 is 11.4 Å². The molecule has 1 heterocycles. The Hall–Kier alpha value is -2.30. The first-order valence-electron chi connectivity index (χ1n) is 6.06. The van der Waals surface area contributed by atoms with Crippen LogP contribution in [0.25, 0.3) is 0 Å². The van der Waals surface area contributed by atoms with E-state index in [0.717, 1.165) is 17.2 Å². The summed E-state index contributed by atoms with van der Waals surface area (Å²) in [5.74, 6) is 1.66. The molecular weight excluding hydrogens is 244 g/mol. The molecule has 0 aliphatic carbocycles. The number of nitro groups is 1. The zero-order chi connectivity index (χ0) is 14.0. The van der Waals surface area contributed by atoms with Crippen LogP contribution in [-0.2, 0) is 0 Å². The summed E-state index contributed by atoms with van der Waals surface area (Å²) in [6.07, 6.45) is 0. The number of hydrogen-bond donors (Lipinski definition) is 1. The normalized spacial score (nSPS) is 12.2. The Morgan fingerprint density at radius 1 is 1.26 bits per heavy atom. The molecule has 0 bridgehead atoms. The third-order valence-corrected chi connectivity index (χ3v) is 3.06. The van der Waals surface area contributed by atoms with E-state index in [1.165, 1.54) is 6.07 Å². The maximum Gasteiger partial charge on any atom is 0.274 e. The van der Waals surface area contributed by atoms with Gasteiger partial charge in [-0.15, -0.1) is 0 Å². The molecule has 0 amide bonds. The molecule has 0 saturated heterocycles. The molecule has 0 spiro atoms. The lowest BCUT2D eigenvalue weighted by Crippen LogP contribution is -2.07. The Balaban J connectivity index is 2.24. The molecule has 1 unspecified atom stereocenters. The lowest BCUT2D eigenvalue weighted by atomic mass is 10.1. The fourth-order valence-corrected chi connectivity index (χ4v) is 1.97. The van der Waals surface area contributed by atoms with Gasteiger partial charge in [-0.1, -0.05) is 6.07 Å². The van der Waals surface area contributed by atoms with Gasteiger partial charge in [-0.25, -0.2) is 0 Å². The molecule has 0 aliphatic rings. The first-order chi connectivity index (χ1) is 8.99. The van der Waals surface area contributed by atoms with Gasteiger partial charge in [-0.05, 0) is 39.0 Å². The number of benzene rings is 1. The zero-order valence-corrected chi connectivity index (χ0v) is 11.1. The third-order valence-electron chi connectivity index (χ3n) is 3.06. The molecule has 1 N–H and O–H groups in total. The smallest absolute Gasteiger partial charge is 0.274 e. The van der Waals surface area contributed by atoms with Crippen LogP contribution in [0, 0.1) is 24.0 Å². The Labute approximate surface area is 111 Å². The van der Waals surface area contributed by atoms with E-state index in [4.69, 9.17) is 4.42 Å². The van der Waals surface area contributed by atoms with Crippen molar-refractivity contribution in [2.24, 2.45) is 0 Å². The van der Waals surface area contributed by atoms with Crippen LogP contribution in [0.3, 0.4) is 0 Å². The van der Waals surface area contributed by atoms with E-state index in [9.17, 15) is 10.1 Å². The second kappa shape index (κ2) is 5.14. The van der Waals surface area contributed by atoms with Gasteiger partial charge in [0.2, 0.25) is 0 Å². The fraction of sp³-hybridized carbons (Fsp3) is 0.286. The predicted molar refractivity (Wildman–Crippen MR) is 73.3 cm³/mol. The highest BCUT2D eigenvalue weighted by atomic mass is 16.6. The van der Waals surface area contributed by atoms with Crippen molar-refractivity contribution in [2.45, 2.75) is 26.8 Å². The lowest BCUT2D eigenvalue weighted by molar-refractivity contribution is -0.385. The average molecular weight is 260 g/mol. The molecule has 19 heavy (non-hydrogen) atoms. The number of rotatable bonds is 4. The molecule has 1 aromatic heterocycles. The van der Waals surface area contributed by atoms with E-state index < -0.39 is 0 Å². The monoisotopic (exact) mass is 260 g/mol. The van der Waals surface area contributed by atoms with Crippen LogP contribution in [0.15, 0.2) is 34.7 Å². The molecule has 0 aliphatic heterocycles. The minimum atomic E-state index is -0.373. The molecule has 5 heteroatoms. The summed E-state index contributed by atoms with van der Waals surface area (Å²) in [6.45, 7) is 5.58. The molecule has 2 aromatic rings. The first kappa shape index (κ1) is 13.1. The molecule has 0 fully saturated rings. The van der Waals surface area contributed by atoms with Gasteiger partial charge in [0, 0.05) is 17.3 Å². The quantitative estimate of drug-likeness (QED) is 0.667. The van der Waals surface area contributed by atoms with Crippen molar-refractivity contribution in [3.63, 3.8) is 0 Å². The fourth-order valence-electron chi connectivity index (χ4n) is 1.97. The highest BCUT2D eigenvalue weighted by molar-refractivity contribution is 5.60. The van der Waals surface area contributed by atoms with Crippen LogP contribution in [0.5, 0.6) is 0 Å². The van der Waals surface area contributed by atoms with Crippen molar-refractivity contribution in [1.82, 2.24) is 0 Å². The van der Waals surface area contributed by atoms with E-state index in [-0.39, 0.29) is 16.7 Å². The number of aryl methyl sites for hydroxylation is 1. The zero-order valence-electron chi connectivity index (χ0n) is 11.1. The van der Waals surface area contributed by atoms with Gasteiger partial charge in [-0.2, -0.15) is 0 Å². The molecular formula is C14H16N2O3. The Bertz CT molecular complexity index is 604. The SMILES string of the molecule is Cc1ccc(C(C)Nc2cccc([N+](=O)[O-])c2C)o1. The number of nitrogens with zero attached hydrogens (tertiary/aromatic N) is 1. The highest BCUT2D eigenvalue weighted by Gasteiger charge is 2.16. The van der Waals surface area contributed by atoms with Gasteiger partial charge in [0.25, 0.3) is 5.69 Å². The third kappa shape index (κ3) is 2.76. The first-order valence-corrected chi connectivity index (χ1v) is 6.06. The average Bonchev–Trinajstić information content (AvgIpc) is 2.78. The Morgan fingerprint density at radius 3 is 2.58 bits per heavy atom. The highest BCUT2D eigenvalue weighted by Crippen LogP contribution is 2.28. The summed E-state index contributed by atoms with van der Waals surface area (Å²) >= 11 is 0. The predicted octanol–water partition coefficient (Wildman–Crippen LogP) is 3.98. The van der Waals surface area contributed by atoms with Crippen LogP contribution < -0.4 is 5.32 Å². The topological polar surface area (TPSA) is 68.3 Å². The van der Waals surface area contributed by atoms with E-state index in [1.54, 1.807) is 13.0 Å². The molecule has 100 valence electrons. The maximum atomic E-state index is 10.9. The molecule has 0 saturated carbocycles. The van der Waals surface area contributed by atoms with Gasteiger partial charge in [-0.3, -0.25) is 10.1 Å². The molecule has 1 atom stereocenters. The van der Waals surface area contributed by atoms with Crippen molar-refractivity contribution in [3.8, 4) is 0 Å². The van der Waals surface area contributed by atoms with Crippen molar-refractivity contribution < 1.29 is 9.34 Å². The van der Waals surface area contributed by atoms with E-state index in [1.807, 2.05) is 32.0 Å². The lowest BCUT2D eigenvalue weighted by Gasteiger charge is -2.15. The van der Waals surface area contributed by atoms with Gasteiger partial charge >= 0.3 is 0 Å². The van der Waals surface area contributed by atoms with Crippen LogP contribution in [0.1, 0.15) is 30.0 Å². The molecule has 0 radical (unpaired) electrons. The van der Waals surface area contributed by atoms with Crippen LogP contribution in [0.4, 0.5) is 11.4 Å². The second-order valence-electron chi connectivity index (χ2n) is 4.52. The van der Waals surface area contributed by atoms with Crippen molar-refractivity contribution in [3.05, 3.63) is 57.5 Å². The van der Waals surface area contributed by atoms with Gasteiger partial charge in [0.15, 0.2) is 0 Å². The summed E-state index contributed by atoms with van der Waals surface area (Å²) in [4.78, 5) is 10.5. The number of hydrogen-bond acceptors (Lipinski definition) is 4.